The number of rotatable bonds is 9. The molecule has 1 aliphatic carbocycles. The summed E-state index contributed by atoms with van der Waals surface area (Å²) in [6.45, 7) is 0.906. The number of carbonyl (C=O) groups excluding carboxylic acids is 1. The number of alkyl halides is 3. The Hall–Kier alpha value is -3.70. The number of nitro groups is 1. The van der Waals surface area contributed by atoms with Crippen molar-refractivity contribution < 1.29 is 22.9 Å². The quantitative estimate of drug-likeness (QED) is 0.296. The summed E-state index contributed by atoms with van der Waals surface area (Å²) in [4.78, 5) is 22.6. The SMILES string of the molecule is O=C(NCCCn1nc(C(F)(F)F)cc1C1CC1)c1ccc(Cn2cc([N+](=O)[O-])cn2)cc1. The van der Waals surface area contributed by atoms with Crippen LogP contribution in [0.25, 0.3) is 0 Å². The van der Waals surface area contributed by atoms with E-state index in [2.05, 4.69) is 15.5 Å². The van der Waals surface area contributed by atoms with Crippen LogP contribution in [-0.2, 0) is 19.3 Å². The Morgan fingerprint density at radius 3 is 2.58 bits per heavy atom. The van der Waals surface area contributed by atoms with Gasteiger partial charge in [-0.2, -0.15) is 23.4 Å². The first-order valence-corrected chi connectivity index (χ1v) is 10.4. The normalized spacial score (nSPS) is 13.8. The van der Waals surface area contributed by atoms with Gasteiger partial charge < -0.3 is 5.32 Å². The zero-order valence-corrected chi connectivity index (χ0v) is 17.5. The second kappa shape index (κ2) is 9.04. The van der Waals surface area contributed by atoms with Crippen LogP contribution in [0, 0.1) is 10.1 Å². The van der Waals surface area contributed by atoms with Crippen LogP contribution in [0.1, 0.15) is 52.5 Å². The summed E-state index contributed by atoms with van der Waals surface area (Å²) in [6.07, 6.45) is 0.206. The van der Waals surface area contributed by atoms with Gasteiger partial charge in [0.2, 0.25) is 0 Å². The third-order valence-electron chi connectivity index (χ3n) is 5.32. The molecular formula is C21H21F3N6O3. The fraction of sp³-hybridized carbons (Fsp3) is 0.381. The molecule has 1 amide bonds. The molecule has 0 radical (unpaired) electrons. The molecule has 0 atom stereocenters. The van der Waals surface area contributed by atoms with Crippen LogP contribution >= 0.6 is 0 Å². The molecule has 0 aliphatic heterocycles. The van der Waals surface area contributed by atoms with E-state index in [0.29, 0.717) is 30.8 Å². The van der Waals surface area contributed by atoms with Crippen LogP contribution in [0.2, 0.25) is 0 Å². The number of aryl methyl sites for hydroxylation is 1. The lowest BCUT2D eigenvalue weighted by molar-refractivity contribution is -0.385. The molecule has 0 spiro atoms. The number of carbonyl (C=O) groups is 1. The van der Waals surface area contributed by atoms with E-state index in [1.54, 1.807) is 24.3 Å². The zero-order valence-electron chi connectivity index (χ0n) is 17.5. The van der Waals surface area contributed by atoms with Crippen molar-refractivity contribution >= 4 is 11.6 Å². The largest absolute Gasteiger partial charge is 0.435 e. The van der Waals surface area contributed by atoms with Crippen molar-refractivity contribution in [3.05, 3.63) is 75.4 Å². The summed E-state index contributed by atoms with van der Waals surface area (Å²) in [5, 5.41) is 21.1. The number of halogens is 3. The number of benzene rings is 1. The molecule has 0 saturated heterocycles. The van der Waals surface area contributed by atoms with Crippen molar-refractivity contribution in [1.82, 2.24) is 24.9 Å². The van der Waals surface area contributed by atoms with Crippen molar-refractivity contribution in [2.24, 2.45) is 0 Å². The van der Waals surface area contributed by atoms with E-state index in [1.807, 2.05) is 0 Å². The monoisotopic (exact) mass is 462 g/mol. The molecular weight excluding hydrogens is 441 g/mol. The number of nitrogens with zero attached hydrogens (tertiary/aromatic N) is 5. The Bertz CT molecular complexity index is 1150. The standard InChI is InChI=1S/C21H21F3N6O3/c22-21(23,24)19-10-18(15-6-7-15)29(27-19)9-1-8-25-20(31)16-4-2-14(3-5-16)12-28-13-17(11-26-28)30(32)33/h2-5,10-11,13,15H,1,6-9,12H2,(H,25,31). The Morgan fingerprint density at radius 2 is 1.97 bits per heavy atom. The molecule has 4 rings (SSSR count). The van der Waals surface area contributed by atoms with Gasteiger partial charge in [-0.3, -0.25) is 24.3 Å². The van der Waals surface area contributed by atoms with Crippen LogP contribution in [0.15, 0.2) is 42.7 Å². The maximum Gasteiger partial charge on any atom is 0.435 e. The third-order valence-corrected chi connectivity index (χ3v) is 5.32. The van der Waals surface area contributed by atoms with Crippen molar-refractivity contribution in [3.63, 3.8) is 0 Å². The van der Waals surface area contributed by atoms with E-state index in [0.717, 1.165) is 24.5 Å². The van der Waals surface area contributed by atoms with Gasteiger partial charge in [0.25, 0.3) is 5.91 Å². The lowest BCUT2D eigenvalue weighted by Gasteiger charge is -2.09. The van der Waals surface area contributed by atoms with Gasteiger partial charge in [0.1, 0.15) is 12.4 Å². The number of hydrogen-bond acceptors (Lipinski definition) is 5. The minimum Gasteiger partial charge on any atom is -0.352 e. The molecule has 1 aromatic carbocycles. The summed E-state index contributed by atoms with van der Waals surface area (Å²) in [7, 11) is 0. The van der Waals surface area contributed by atoms with E-state index < -0.39 is 16.8 Å². The Kier molecular flexibility index (Phi) is 6.16. The van der Waals surface area contributed by atoms with Gasteiger partial charge in [0.05, 0.1) is 11.5 Å². The highest BCUT2D eigenvalue weighted by Gasteiger charge is 2.37. The molecule has 174 valence electrons. The topological polar surface area (TPSA) is 108 Å². The lowest BCUT2D eigenvalue weighted by atomic mass is 10.1. The van der Waals surface area contributed by atoms with Gasteiger partial charge in [-0.05, 0) is 43.0 Å². The molecule has 1 fully saturated rings. The molecule has 1 N–H and O–H groups in total. The maximum absolute atomic E-state index is 13.0. The third kappa shape index (κ3) is 5.57. The average molecular weight is 462 g/mol. The average Bonchev–Trinajstić information content (AvgIpc) is 3.33. The Morgan fingerprint density at radius 1 is 1.24 bits per heavy atom. The van der Waals surface area contributed by atoms with Gasteiger partial charge in [-0.25, -0.2) is 0 Å². The molecule has 0 bridgehead atoms. The summed E-state index contributed by atoms with van der Waals surface area (Å²) in [5.74, 6) is -0.162. The predicted octanol–water partition coefficient (Wildman–Crippen LogP) is 3.75. The van der Waals surface area contributed by atoms with E-state index in [-0.39, 0.29) is 24.1 Å². The van der Waals surface area contributed by atoms with Crippen molar-refractivity contribution in [2.75, 3.05) is 6.54 Å². The van der Waals surface area contributed by atoms with E-state index >= 15 is 0 Å². The second-order valence-corrected chi connectivity index (χ2v) is 7.91. The Labute approximate surface area is 186 Å². The minimum atomic E-state index is -4.47. The zero-order chi connectivity index (χ0) is 23.6. The molecule has 1 aliphatic rings. The van der Waals surface area contributed by atoms with Gasteiger partial charge in [0, 0.05) is 30.3 Å². The van der Waals surface area contributed by atoms with Crippen LogP contribution in [0.3, 0.4) is 0 Å². The molecule has 33 heavy (non-hydrogen) atoms. The highest BCUT2D eigenvalue weighted by molar-refractivity contribution is 5.94. The minimum absolute atomic E-state index is 0.0972. The fourth-order valence-electron chi connectivity index (χ4n) is 3.47. The molecule has 3 aromatic rings. The van der Waals surface area contributed by atoms with Crippen LogP contribution in [0.5, 0.6) is 0 Å². The van der Waals surface area contributed by atoms with Gasteiger partial charge in [-0.1, -0.05) is 12.1 Å². The molecule has 1 saturated carbocycles. The van der Waals surface area contributed by atoms with Gasteiger partial charge in [-0.15, -0.1) is 0 Å². The second-order valence-electron chi connectivity index (χ2n) is 7.91. The number of nitrogens with one attached hydrogen (secondary N) is 1. The van der Waals surface area contributed by atoms with E-state index in [4.69, 9.17) is 0 Å². The Balaban J connectivity index is 1.27. The molecule has 2 aromatic heterocycles. The summed E-state index contributed by atoms with van der Waals surface area (Å²) >= 11 is 0. The first kappa shape index (κ1) is 22.5. The van der Waals surface area contributed by atoms with E-state index in [9.17, 15) is 28.1 Å². The van der Waals surface area contributed by atoms with Gasteiger partial charge in [0.15, 0.2) is 5.69 Å². The van der Waals surface area contributed by atoms with Gasteiger partial charge >= 0.3 is 11.9 Å². The number of aromatic nitrogens is 4. The maximum atomic E-state index is 13.0. The summed E-state index contributed by atoms with van der Waals surface area (Å²) in [5.41, 5.74) is 0.878. The summed E-state index contributed by atoms with van der Waals surface area (Å²) in [6, 6.07) is 7.85. The predicted molar refractivity (Wildman–Crippen MR) is 111 cm³/mol. The molecule has 2 heterocycles. The lowest BCUT2D eigenvalue weighted by Crippen LogP contribution is -2.25. The molecule has 9 nitrogen and oxygen atoms in total. The first-order chi connectivity index (χ1) is 15.7. The summed E-state index contributed by atoms with van der Waals surface area (Å²) < 4.78 is 41.7. The number of amides is 1. The van der Waals surface area contributed by atoms with Crippen molar-refractivity contribution in [2.45, 2.75) is 44.4 Å². The van der Waals surface area contributed by atoms with Crippen molar-refractivity contribution in [1.29, 1.82) is 0 Å². The van der Waals surface area contributed by atoms with E-state index in [1.165, 1.54) is 21.8 Å². The van der Waals surface area contributed by atoms with Crippen LogP contribution < -0.4 is 5.32 Å². The highest BCUT2D eigenvalue weighted by atomic mass is 19.4. The van der Waals surface area contributed by atoms with Crippen LogP contribution in [-0.4, -0.2) is 36.9 Å². The smallest absolute Gasteiger partial charge is 0.352 e. The molecule has 0 unspecified atom stereocenters. The fourth-order valence-corrected chi connectivity index (χ4v) is 3.47. The van der Waals surface area contributed by atoms with Crippen molar-refractivity contribution in [3.8, 4) is 0 Å². The van der Waals surface area contributed by atoms with Crippen LogP contribution in [0.4, 0.5) is 18.9 Å². The molecule has 12 heteroatoms. The number of hydrogen-bond donors (Lipinski definition) is 1. The highest BCUT2D eigenvalue weighted by Crippen LogP contribution is 2.42. The first-order valence-electron chi connectivity index (χ1n) is 10.4.